The standard InChI is InChI=1S/C24H24N2O4S/c1-17-5-9-20(10-6-17)26-23(27)16-31-18(2)24(28)29-15-19-7-11-21(12-8-19)30-22-4-3-13-25-14-22/h3-14,18H,15-16H2,1-2H3,(H,26,27). The molecule has 1 aromatic heterocycles. The number of aryl methyl sites for hydroxylation is 1. The molecule has 0 aliphatic carbocycles. The lowest BCUT2D eigenvalue weighted by Crippen LogP contribution is -2.21. The van der Waals surface area contributed by atoms with Crippen molar-refractivity contribution in [3.05, 3.63) is 84.2 Å². The van der Waals surface area contributed by atoms with Gasteiger partial charge in [0.15, 0.2) is 0 Å². The first-order valence-corrected chi connectivity index (χ1v) is 10.9. The first-order chi connectivity index (χ1) is 15.0. The normalized spacial score (nSPS) is 11.4. The number of aromatic nitrogens is 1. The summed E-state index contributed by atoms with van der Waals surface area (Å²) in [6.07, 6.45) is 3.32. The van der Waals surface area contributed by atoms with Gasteiger partial charge in [-0.2, -0.15) is 0 Å². The van der Waals surface area contributed by atoms with Crippen molar-refractivity contribution < 1.29 is 19.1 Å². The van der Waals surface area contributed by atoms with Gasteiger partial charge in [0.2, 0.25) is 5.91 Å². The zero-order valence-corrected chi connectivity index (χ0v) is 18.2. The quantitative estimate of drug-likeness (QED) is 0.477. The Bertz CT molecular complexity index is 992. The molecule has 160 valence electrons. The molecule has 0 aliphatic rings. The number of pyridine rings is 1. The van der Waals surface area contributed by atoms with E-state index in [2.05, 4.69) is 10.3 Å². The summed E-state index contributed by atoms with van der Waals surface area (Å²) >= 11 is 1.24. The highest BCUT2D eigenvalue weighted by Crippen LogP contribution is 2.21. The fourth-order valence-corrected chi connectivity index (χ4v) is 3.25. The second kappa shape index (κ2) is 11.2. The minimum Gasteiger partial charge on any atom is -0.460 e. The number of carbonyl (C=O) groups excluding carboxylic acids is 2. The summed E-state index contributed by atoms with van der Waals surface area (Å²) in [5.74, 6) is 0.983. The van der Waals surface area contributed by atoms with Gasteiger partial charge < -0.3 is 14.8 Å². The minimum atomic E-state index is -0.447. The first-order valence-electron chi connectivity index (χ1n) is 9.81. The highest BCUT2D eigenvalue weighted by atomic mass is 32.2. The SMILES string of the molecule is Cc1ccc(NC(=O)CSC(C)C(=O)OCc2ccc(Oc3cccnc3)cc2)cc1. The number of benzene rings is 2. The fraction of sp³-hybridized carbons (Fsp3) is 0.208. The third-order valence-electron chi connectivity index (χ3n) is 4.31. The molecule has 1 unspecified atom stereocenters. The molecule has 0 saturated carbocycles. The predicted molar refractivity (Wildman–Crippen MR) is 122 cm³/mol. The molecule has 6 nitrogen and oxygen atoms in total. The molecule has 1 atom stereocenters. The number of thioether (sulfide) groups is 1. The molecule has 1 N–H and O–H groups in total. The van der Waals surface area contributed by atoms with Crippen LogP contribution in [0.3, 0.4) is 0 Å². The fourth-order valence-electron chi connectivity index (χ4n) is 2.57. The predicted octanol–water partition coefficient (Wildman–Crippen LogP) is 4.99. The average molecular weight is 437 g/mol. The number of carbonyl (C=O) groups is 2. The van der Waals surface area contributed by atoms with Crippen LogP contribution in [-0.4, -0.2) is 27.9 Å². The molecule has 1 amide bonds. The van der Waals surface area contributed by atoms with E-state index < -0.39 is 5.25 Å². The second-order valence-corrected chi connectivity index (χ2v) is 8.24. The lowest BCUT2D eigenvalue weighted by Gasteiger charge is -2.12. The molecule has 7 heteroatoms. The highest BCUT2D eigenvalue weighted by Gasteiger charge is 2.17. The molecule has 0 bridgehead atoms. The van der Waals surface area contributed by atoms with Crippen LogP contribution in [0.25, 0.3) is 0 Å². The molecule has 0 radical (unpaired) electrons. The van der Waals surface area contributed by atoms with E-state index in [1.807, 2.05) is 61.5 Å². The van der Waals surface area contributed by atoms with Gasteiger partial charge in [-0.05, 0) is 55.8 Å². The zero-order valence-electron chi connectivity index (χ0n) is 17.4. The van der Waals surface area contributed by atoms with Crippen molar-refractivity contribution in [3.63, 3.8) is 0 Å². The van der Waals surface area contributed by atoms with E-state index >= 15 is 0 Å². The van der Waals surface area contributed by atoms with E-state index in [4.69, 9.17) is 9.47 Å². The van der Waals surface area contributed by atoms with Gasteiger partial charge in [-0.25, -0.2) is 0 Å². The van der Waals surface area contributed by atoms with Crippen molar-refractivity contribution in [1.29, 1.82) is 0 Å². The van der Waals surface area contributed by atoms with Crippen LogP contribution in [0.15, 0.2) is 73.1 Å². The Balaban J connectivity index is 1.39. The summed E-state index contributed by atoms with van der Waals surface area (Å²) in [5.41, 5.74) is 2.71. The number of nitrogens with zero attached hydrogens (tertiary/aromatic N) is 1. The Morgan fingerprint density at radius 2 is 1.77 bits per heavy atom. The van der Waals surface area contributed by atoms with Crippen LogP contribution < -0.4 is 10.1 Å². The van der Waals surface area contributed by atoms with Crippen molar-refractivity contribution in [2.45, 2.75) is 25.7 Å². The van der Waals surface area contributed by atoms with Crippen LogP contribution in [0.1, 0.15) is 18.1 Å². The lowest BCUT2D eigenvalue weighted by atomic mass is 10.2. The Labute approximate surface area is 186 Å². The number of esters is 1. The van der Waals surface area contributed by atoms with Gasteiger partial charge in [-0.3, -0.25) is 14.6 Å². The average Bonchev–Trinajstić information content (AvgIpc) is 2.79. The van der Waals surface area contributed by atoms with E-state index in [0.717, 1.165) is 16.8 Å². The first kappa shape index (κ1) is 22.4. The number of hydrogen-bond acceptors (Lipinski definition) is 6. The molecule has 0 aliphatic heterocycles. The topological polar surface area (TPSA) is 77.5 Å². The van der Waals surface area contributed by atoms with Crippen LogP contribution in [0, 0.1) is 6.92 Å². The van der Waals surface area contributed by atoms with Crippen LogP contribution in [0.4, 0.5) is 5.69 Å². The maximum Gasteiger partial charge on any atom is 0.319 e. The van der Waals surface area contributed by atoms with Gasteiger partial charge in [0.1, 0.15) is 23.4 Å². The van der Waals surface area contributed by atoms with Crippen LogP contribution in [-0.2, 0) is 20.9 Å². The summed E-state index contributed by atoms with van der Waals surface area (Å²) in [6, 6.07) is 18.5. The Morgan fingerprint density at radius 1 is 1.03 bits per heavy atom. The van der Waals surface area contributed by atoms with Gasteiger partial charge in [0, 0.05) is 11.9 Å². The monoisotopic (exact) mass is 436 g/mol. The Morgan fingerprint density at radius 3 is 2.45 bits per heavy atom. The molecule has 0 saturated heterocycles. The zero-order chi connectivity index (χ0) is 22.1. The smallest absolute Gasteiger partial charge is 0.319 e. The summed E-state index contributed by atoms with van der Waals surface area (Å²) in [7, 11) is 0. The van der Waals surface area contributed by atoms with Crippen molar-refractivity contribution in [3.8, 4) is 11.5 Å². The second-order valence-electron chi connectivity index (χ2n) is 6.91. The summed E-state index contributed by atoms with van der Waals surface area (Å²) in [4.78, 5) is 28.3. The van der Waals surface area contributed by atoms with E-state index in [-0.39, 0.29) is 24.2 Å². The molecule has 31 heavy (non-hydrogen) atoms. The molecule has 1 heterocycles. The van der Waals surface area contributed by atoms with Gasteiger partial charge in [-0.1, -0.05) is 29.8 Å². The van der Waals surface area contributed by atoms with E-state index in [1.54, 1.807) is 25.4 Å². The van der Waals surface area contributed by atoms with Gasteiger partial charge in [0.05, 0.1) is 11.9 Å². The third-order valence-corrected chi connectivity index (χ3v) is 5.43. The summed E-state index contributed by atoms with van der Waals surface area (Å²) in [5, 5.41) is 2.37. The van der Waals surface area contributed by atoms with Crippen LogP contribution in [0.2, 0.25) is 0 Å². The summed E-state index contributed by atoms with van der Waals surface area (Å²) < 4.78 is 11.1. The molecule has 0 spiro atoms. The van der Waals surface area contributed by atoms with Crippen molar-refractivity contribution in [2.24, 2.45) is 0 Å². The van der Waals surface area contributed by atoms with Crippen LogP contribution in [0.5, 0.6) is 11.5 Å². The molecule has 3 aromatic rings. The van der Waals surface area contributed by atoms with E-state index in [0.29, 0.717) is 11.5 Å². The number of nitrogens with one attached hydrogen (secondary N) is 1. The number of amides is 1. The molecule has 0 fully saturated rings. The molecular formula is C24H24N2O4S. The van der Waals surface area contributed by atoms with Crippen molar-refractivity contribution >= 4 is 29.3 Å². The Hall–Kier alpha value is -3.32. The third kappa shape index (κ3) is 7.46. The Kier molecular flexibility index (Phi) is 8.06. The van der Waals surface area contributed by atoms with Gasteiger partial charge in [0.25, 0.3) is 0 Å². The minimum absolute atomic E-state index is 0.155. The van der Waals surface area contributed by atoms with Crippen molar-refractivity contribution in [2.75, 3.05) is 11.1 Å². The maximum atomic E-state index is 12.2. The van der Waals surface area contributed by atoms with Gasteiger partial charge >= 0.3 is 5.97 Å². The number of hydrogen-bond donors (Lipinski definition) is 1. The van der Waals surface area contributed by atoms with Crippen LogP contribution >= 0.6 is 11.8 Å². The van der Waals surface area contributed by atoms with E-state index in [1.165, 1.54) is 11.8 Å². The number of rotatable bonds is 9. The van der Waals surface area contributed by atoms with Crippen molar-refractivity contribution in [1.82, 2.24) is 4.98 Å². The van der Waals surface area contributed by atoms with Gasteiger partial charge in [-0.15, -0.1) is 11.8 Å². The number of ether oxygens (including phenoxy) is 2. The molecule has 2 aromatic carbocycles. The highest BCUT2D eigenvalue weighted by molar-refractivity contribution is 8.01. The maximum absolute atomic E-state index is 12.2. The molecular weight excluding hydrogens is 412 g/mol. The molecule has 3 rings (SSSR count). The van der Waals surface area contributed by atoms with E-state index in [9.17, 15) is 9.59 Å². The lowest BCUT2D eigenvalue weighted by molar-refractivity contribution is -0.143. The number of anilines is 1. The summed E-state index contributed by atoms with van der Waals surface area (Å²) in [6.45, 7) is 3.88. The largest absolute Gasteiger partial charge is 0.460 e.